The van der Waals surface area contributed by atoms with Crippen LogP contribution in [-0.2, 0) is 9.53 Å². The summed E-state index contributed by atoms with van der Waals surface area (Å²) in [5.74, 6) is 4.04. The molecule has 1 heterocycles. The molecule has 1 aliphatic heterocycles. The van der Waals surface area contributed by atoms with E-state index in [1.54, 1.807) is 0 Å². The summed E-state index contributed by atoms with van der Waals surface area (Å²) in [6.45, 7) is 19.5. The SMILES string of the molecule is CC(C)C1(C)CCC(C2CCC3(C)C2CCC2C4(C)CCC(=O)C(C)(C)C4CCC23C)O1. The summed E-state index contributed by atoms with van der Waals surface area (Å²) in [6.07, 6.45) is 13.0. The molecule has 5 rings (SSSR count). The van der Waals surface area contributed by atoms with Gasteiger partial charge in [-0.15, -0.1) is 0 Å². The predicted molar refractivity (Wildman–Crippen MR) is 131 cm³/mol. The predicted octanol–water partition coefficient (Wildman–Crippen LogP) is 7.83. The summed E-state index contributed by atoms with van der Waals surface area (Å²) in [7, 11) is 0. The molecule has 2 heteroatoms. The third-order valence-electron chi connectivity index (χ3n) is 13.2. The number of carbonyl (C=O) groups excluding carboxylic acids is 1. The van der Waals surface area contributed by atoms with Crippen molar-refractivity contribution in [2.45, 2.75) is 131 Å². The summed E-state index contributed by atoms with van der Waals surface area (Å²) >= 11 is 0. The van der Waals surface area contributed by atoms with Crippen LogP contribution in [0.15, 0.2) is 0 Å². The van der Waals surface area contributed by atoms with Gasteiger partial charge in [0.15, 0.2) is 0 Å². The Kier molecular flexibility index (Phi) is 5.17. The van der Waals surface area contributed by atoms with Gasteiger partial charge >= 0.3 is 0 Å². The van der Waals surface area contributed by atoms with Gasteiger partial charge in [-0.25, -0.2) is 0 Å². The molecule has 2 nitrogen and oxygen atoms in total. The molecule has 4 aliphatic carbocycles. The van der Waals surface area contributed by atoms with Crippen molar-refractivity contribution in [3.63, 3.8) is 0 Å². The lowest BCUT2D eigenvalue weighted by atomic mass is 9.35. The van der Waals surface area contributed by atoms with Crippen molar-refractivity contribution in [2.24, 2.45) is 51.2 Å². The van der Waals surface area contributed by atoms with Crippen LogP contribution in [0.2, 0.25) is 0 Å². The fourth-order valence-electron chi connectivity index (χ4n) is 10.7. The highest BCUT2D eigenvalue weighted by Crippen LogP contribution is 2.75. The lowest BCUT2D eigenvalue weighted by molar-refractivity contribution is -0.205. The molecule has 9 atom stereocenters. The van der Waals surface area contributed by atoms with Crippen LogP contribution in [0, 0.1) is 51.2 Å². The van der Waals surface area contributed by atoms with Crippen LogP contribution in [0.4, 0.5) is 0 Å². The monoisotopic (exact) mass is 442 g/mol. The van der Waals surface area contributed by atoms with Crippen molar-refractivity contribution in [2.75, 3.05) is 0 Å². The Morgan fingerprint density at radius 1 is 0.781 bits per heavy atom. The van der Waals surface area contributed by atoms with E-state index in [1.807, 2.05) is 0 Å². The Balaban J connectivity index is 1.43. The van der Waals surface area contributed by atoms with Gasteiger partial charge < -0.3 is 4.74 Å². The maximum absolute atomic E-state index is 12.9. The summed E-state index contributed by atoms with van der Waals surface area (Å²) in [6, 6.07) is 0. The Morgan fingerprint density at radius 3 is 2.12 bits per heavy atom. The van der Waals surface area contributed by atoms with Crippen molar-refractivity contribution in [1.82, 2.24) is 0 Å². The summed E-state index contributed by atoms with van der Waals surface area (Å²) < 4.78 is 6.86. The molecule has 1 saturated heterocycles. The highest BCUT2D eigenvalue weighted by atomic mass is 16.5. The van der Waals surface area contributed by atoms with E-state index in [2.05, 4.69) is 55.4 Å². The fraction of sp³-hybridized carbons (Fsp3) is 0.967. The van der Waals surface area contributed by atoms with Crippen LogP contribution in [-0.4, -0.2) is 17.5 Å². The third kappa shape index (κ3) is 2.83. The van der Waals surface area contributed by atoms with E-state index >= 15 is 0 Å². The standard InChI is InChI=1S/C30H50O2/c1-19(2)30(8)18-12-22(32-30)20-11-16-28(6)21(20)9-10-24-27(5)15-14-25(31)26(3,4)23(27)13-17-29(24,28)7/h19-24H,9-18H2,1-8H3. The van der Waals surface area contributed by atoms with Crippen LogP contribution in [0.5, 0.6) is 0 Å². The van der Waals surface area contributed by atoms with Crippen LogP contribution in [0.3, 0.4) is 0 Å². The van der Waals surface area contributed by atoms with Crippen LogP contribution in [0.1, 0.15) is 120 Å². The lowest BCUT2D eigenvalue weighted by Gasteiger charge is -2.69. The molecule has 5 fully saturated rings. The maximum Gasteiger partial charge on any atom is 0.138 e. The molecular weight excluding hydrogens is 392 g/mol. The second-order valence-corrected chi connectivity index (χ2v) is 14.7. The molecule has 0 aromatic carbocycles. The molecule has 5 aliphatic rings. The quantitative estimate of drug-likeness (QED) is 0.435. The minimum absolute atomic E-state index is 0.0799. The number of fused-ring (bicyclic) bond motifs is 5. The summed E-state index contributed by atoms with van der Waals surface area (Å²) in [4.78, 5) is 12.9. The van der Waals surface area contributed by atoms with Gasteiger partial charge in [0.05, 0.1) is 11.7 Å². The average Bonchev–Trinajstić information content (AvgIpc) is 3.27. The zero-order valence-corrected chi connectivity index (χ0v) is 22.4. The Morgan fingerprint density at radius 2 is 1.47 bits per heavy atom. The van der Waals surface area contributed by atoms with Gasteiger partial charge in [0, 0.05) is 11.8 Å². The van der Waals surface area contributed by atoms with Crippen LogP contribution in [0.25, 0.3) is 0 Å². The summed E-state index contributed by atoms with van der Waals surface area (Å²) in [5, 5.41) is 0. The minimum Gasteiger partial charge on any atom is -0.371 e. The molecular formula is C30H50O2. The summed E-state index contributed by atoms with van der Waals surface area (Å²) in [5.41, 5.74) is 1.11. The first kappa shape index (κ1) is 23.4. The van der Waals surface area contributed by atoms with E-state index in [9.17, 15) is 4.79 Å². The van der Waals surface area contributed by atoms with E-state index in [-0.39, 0.29) is 11.0 Å². The Bertz CT molecular complexity index is 784. The first-order valence-electron chi connectivity index (χ1n) is 14.0. The average molecular weight is 443 g/mol. The van der Waals surface area contributed by atoms with Crippen molar-refractivity contribution in [3.05, 3.63) is 0 Å². The van der Waals surface area contributed by atoms with E-state index in [1.165, 1.54) is 51.4 Å². The molecule has 32 heavy (non-hydrogen) atoms. The Hall–Kier alpha value is -0.370. The number of ketones is 1. The lowest BCUT2D eigenvalue weighted by Crippen LogP contribution is -2.63. The molecule has 0 bridgehead atoms. The zero-order chi connectivity index (χ0) is 23.3. The molecule has 182 valence electrons. The van der Waals surface area contributed by atoms with Crippen LogP contribution >= 0.6 is 0 Å². The van der Waals surface area contributed by atoms with Gasteiger partial charge in [0.1, 0.15) is 5.78 Å². The highest BCUT2D eigenvalue weighted by molar-refractivity contribution is 5.85. The molecule has 0 N–H and O–H groups in total. The van der Waals surface area contributed by atoms with Gasteiger partial charge in [0.2, 0.25) is 0 Å². The van der Waals surface area contributed by atoms with Gasteiger partial charge in [-0.3, -0.25) is 4.79 Å². The van der Waals surface area contributed by atoms with E-state index < -0.39 is 0 Å². The number of ether oxygens (including phenoxy) is 1. The molecule has 9 unspecified atom stereocenters. The maximum atomic E-state index is 12.9. The number of hydrogen-bond donors (Lipinski definition) is 0. The Labute approximate surface area is 198 Å². The number of rotatable bonds is 2. The topological polar surface area (TPSA) is 26.3 Å². The zero-order valence-electron chi connectivity index (χ0n) is 22.4. The minimum atomic E-state index is -0.136. The van der Waals surface area contributed by atoms with E-state index in [4.69, 9.17) is 4.74 Å². The third-order valence-corrected chi connectivity index (χ3v) is 13.2. The molecule has 0 amide bonds. The number of carbonyl (C=O) groups is 1. The van der Waals surface area contributed by atoms with Crippen LogP contribution < -0.4 is 0 Å². The highest BCUT2D eigenvalue weighted by Gasteiger charge is 2.69. The van der Waals surface area contributed by atoms with Crippen molar-refractivity contribution >= 4 is 5.78 Å². The molecule has 0 aromatic rings. The number of hydrogen-bond acceptors (Lipinski definition) is 2. The first-order valence-corrected chi connectivity index (χ1v) is 14.0. The van der Waals surface area contributed by atoms with Crippen molar-refractivity contribution in [3.8, 4) is 0 Å². The molecule has 0 aromatic heterocycles. The molecule has 0 radical (unpaired) electrons. The second-order valence-electron chi connectivity index (χ2n) is 14.7. The van der Waals surface area contributed by atoms with Gasteiger partial charge in [0.25, 0.3) is 0 Å². The van der Waals surface area contributed by atoms with E-state index in [0.717, 1.165) is 30.6 Å². The normalized spacial score (nSPS) is 54.9. The smallest absolute Gasteiger partial charge is 0.138 e. The molecule has 4 saturated carbocycles. The molecule has 0 spiro atoms. The fourth-order valence-corrected chi connectivity index (χ4v) is 10.7. The van der Waals surface area contributed by atoms with Gasteiger partial charge in [-0.05, 0) is 111 Å². The second kappa shape index (κ2) is 7.08. The van der Waals surface area contributed by atoms with Gasteiger partial charge in [-0.2, -0.15) is 0 Å². The largest absolute Gasteiger partial charge is 0.371 e. The number of Topliss-reactive ketones (excluding diaryl/α,β-unsaturated/α-hetero) is 1. The first-order chi connectivity index (χ1) is 14.8. The van der Waals surface area contributed by atoms with Gasteiger partial charge in [-0.1, -0.05) is 48.5 Å². The van der Waals surface area contributed by atoms with E-state index in [0.29, 0.717) is 40.0 Å². The van der Waals surface area contributed by atoms with Crippen molar-refractivity contribution < 1.29 is 9.53 Å². The van der Waals surface area contributed by atoms with Crippen molar-refractivity contribution in [1.29, 1.82) is 0 Å².